The van der Waals surface area contributed by atoms with E-state index in [1.165, 1.54) is 22.7 Å². The number of nitrogens with zero attached hydrogens (tertiary/aromatic N) is 4. The van der Waals surface area contributed by atoms with Gasteiger partial charge in [-0.1, -0.05) is 11.8 Å². The van der Waals surface area contributed by atoms with E-state index in [0.717, 1.165) is 9.92 Å². The molecule has 0 fully saturated rings. The summed E-state index contributed by atoms with van der Waals surface area (Å²) in [5.41, 5.74) is 0.638. The molecule has 0 aliphatic rings. The number of aryl methyl sites for hydroxylation is 1. The molecule has 1 aromatic carbocycles. The molecule has 2 aromatic heterocycles. The lowest BCUT2D eigenvalue weighted by Gasteiger charge is -2.03. The first kappa shape index (κ1) is 13.3. The van der Waals surface area contributed by atoms with Gasteiger partial charge in [0.05, 0.1) is 29.6 Å². The van der Waals surface area contributed by atoms with Crippen molar-refractivity contribution < 1.29 is 0 Å². The Bertz CT molecular complexity index is 832. The van der Waals surface area contributed by atoms with Gasteiger partial charge in [-0.05, 0) is 34.1 Å². The Morgan fingerprint density at radius 3 is 2.80 bits per heavy atom. The summed E-state index contributed by atoms with van der Waals surface area (Å²) in [6, 6.07) is 5.59. The molecule has 3 aromatic rings. The van der Waals surface area contributed by atoms with Crippen molar-refractivity contribution in [1.82, 2.24) is 19.5 Å². The summed E-state index contributed by atoms with van der Waals surface area (Å²) in [6.45, 7) is 0. The molecule has 0 spiro atoms. The SMILES string of the molecule is Cn1cnc2ccc(Sc3cnc(Br)cn3)cc2c1=O. The second kappa shape index (κ2) is 5.34. The molecule has 0 saturated carbocycles. The van der Waals surface area contributed by atoms with Crippen molar-refractivity contribution in [3.8, 4) is 0 Å². The predicted octanol–water partition coefficient (Wildman–Crippen LogP) is 2.64. The van der Waals surface area contributed by atoms with Gasteiger partial charge in [0.1, 0.15) is 9.63 Å². The maximum absolute atomic E-state index is 12.1. The van der Waals surface area contributed by atoms with E-state index in [1.807, 2.05) is 18.2 Å². The summed E-state index contributed by atoms with van der Waals surface area (Å²) in [5.74, 6) is 0. The van der Waals surface area contributed by atoms with E-state index in [4.69, 9.17) is 0 Å². The van der Waals surface area contributed by atoms with Crippen molar-refractivity contribution in [2.45, 2.75) is 9.92 Å². The summed E-state index contributed by atoms with van der Waals surface area (Å²) in [7, 11) is 1.69. The number of hydrogen-bond donors (Lipinski definition) is 0. The highest BCUT2D eigenvalue weighted by Crippen LogP contribution is 2.27. The minimum Gasteiger partial charge on any atom is -0.302 e. The zero-order valence-electron chi connectivity index (χ0n) is 10.4. The van der Waals surface area contributed by atoms with Crippen LogP contribution in [0.3, 0.4) is 0 Å². The minimum atomic E-state index is -0.0562. The highest BCUT2D eigenvalue weighted by atomic mass is 79.9. The molecule has 2 heterocycles. The Morgan fingerprint density at radius 2 is 2.05 bits per heavy atom. The third-order valence-electron chi connectivity index (χ3n) is 2.71. The van der Waals surface area contributed by atoms with E-state index in [9.17, 15) is 4.79 Å². The van der Waals surface area contributed by atoms with Gasteiger partial charge >= 0.3 is 0 Å². The monoisotopic (exact) mass is 348 g/mol. The van der Waals surface area contributed by atoms with Gasteiger partial charge in [-0.25, -0.2) is 15.0 Å². The Hall–Kier alpha value is -1.73. The molecule has 0 atom stereocenters. The lowest BCUT2D eigenvalue weighted by atomic mass is 10.2. The average Bonchev–Trinajstić information content (AvgIpc) is 2.46. The van der Waals surface area contributed by atoms with Crippen LogP contribution in [0.1, 0.15) is 0 Å². The number of benzene rings is 1. The fraction of sp³-hybridized carbons (Fsp3) is 0.0769. The Balaban J connectivity index is 2.02. The van der Waals surface area contributed by atoms with Crippen LogP contribution in [0.15, 0.2) is 56.2 Å². The van der Waals surface area contributed by atoms with Crippen LogP contribution in [-0.4, -0.2) is 19.5 Å². The number of aromatic nitrogens is 4. The maximum atomic E-state index is 12.1. The van der Waals surface area contributed by atoms with E-state index in [0.29, 0.717) is 15.5 Å². The smallest absolute Gasteiger partial charge is 0.260 e. The zero-order valence-corrected chi connectivity index (χ0v) is 12.8. The number of halogens is 1. The number of fused-ring (bicyclic) bond motifs is 1. The molecule has 0 saturated heterocycles. The van der Waals surface area contributed by atoms with Crippen molar-refractivity contribution in [3.05, 3.63) is 51.9 Å². The van der Waals surface area contributed by atoms with Crippen LogP contribution in [0.25, 0.3) is 10.9 Å². The normalized spacial score (nSPS) is 10.9. The average molecular weight is 349 g/mol. The standard InChI is InChI=1S/C13H9BrN4OS/c1-18-7-17-10-3-2-8(4-9(10)13(18)19)20-12-6-15-11(14)5-16-12/h2-7H,1H3. The molecule has 0 amide bonds. The maximum Gasteiger partial charge on any atom is 0.260 e. The Morgan fingerprint density at radius 1 is 1.20 bits per heavy atom. The van der Waals surface area contributed by atoms with Crippen molar-refractivity contribution in [2.24, 2.45) is 7.05 Å². The summed E-state index contributed by atoms with van der Waals surface area (Å²) in [4.78, 5) is 25.6. The van der Waals surface area contributed by atoms with Crippen LogP contribution < -0.4 is 5.56 Å². The molecular formula is C13H9BrN4OS. The summed E-state index contributed by atoms with van der Waals surface area (Å²) in [5, 5.41) is 1.37. The second-order valence-corrected chi connectivity index (χ2v) is 6.03. The Labute approximate surface area is 127 Å². The van der Waals surface area contributed by atoms with Crippen molar-refractivity contribution in [1.29, 1.82) is 0 Å². The summed E-state index contributed by atoms with van der Waals surface area (Å²) >= 11 is 4.70. The lowest BCUT2D eigenvalue weighted by Crippen LogP contribution is -2.16. The summed E-state index contributed by atoms with van der Waals surface area (Å²) in [6.07, 6.45) is 4.85. The minimum absolute atomic E-state index is 0.0562. The third-order valence-corrected chi connectivity index (χ3v) is 4.03. The fourth-order valence-electron chi connectivity index (χ4n) is 1.73. The van der Waals surface area contributed by atoms with Gasteiger partial charge in [-0.15, -0.1) is 0 Å². The number of rotatable bonds is 2. The van der Waals surface area contributed by atoms with Crippen LogP contribution in [0, 0.1) is 0 Å². The van der Waals surface area contributed by atoms with Gasteiger partial charge in [0.25, 0.3) is 5.56 Å². The highest BCUT2D eigenvalue weighted by molar-refractivity contribution is 9.10. The quantitative estimate of drug-likeness (QED) is 0.712. The molecular weight excluding hydrogens is 340 g/mol. The van der Waals surface area contributed by atoms with E-state index in [2.05, 4.69) is 30.9 Å². The molecule has 0 bridgehead atoms. The largest absolute Gasteiger partial charge is 0.302 e. The van der Waals surface area contributed by atoms with E-state index in [1.54, 1.807) is 19.4 Å². The van der Waals surface area contributed by atoms with E-state index in [-0.39, 0.29) is 5.56 Å². The van der Waals surface area contributed by atoms with Gasteiger partial charge in [-0.3, -0.25) is 4.79 Å². The van der Waals surface area contributed by atoms with E-state index >= 15 is 0 Å². The second-order valence-electron chi connectivity index (χ2n) is 4.12. The lowest BCUT2D eigenvalue weighted by molar-refractivity contribution is 0.842. The summed E-state index contributed by atoms with van der Waals surface area (Å²) < 4.78 is 2.16. The van der Waals surface area contributed by atoms with Gasteiger partial charge in [-0.2, -0.15) is 0 Å². The van der Waals surface area contributed by atoms with Crippen LogP contribution in [-0.2, 0) is 7.05 Å². The van der Waals surface area contributed by atoms with Crippen LogP contribution in [0.4, 0.5) is 0 Å². The van der Waals surface area contributed by atoms with E-state index < -0.39 is 0 Å². The van der Waals surface area contributed by atoms with Gasteiger partial charge < -0.3 is 4.57 Å². The van der Waals surface area contributed by atoms with Crippen molar-refractivity contribution in [2.75, 3.05) is 0 Å². The third kappa shape index (κ3) is 2.59. The van der Waals surface area contributed by atoms with Gasteiger partial charge in [0, 0.05) is 11.9 Å². The predicted molar refractivity (Wildman–Crippen MR) is 80.8 cm³/mol. The van der Waals surface area contributed by atoms with Crippen LogP contribution in [0.2, 0.25) is 0 Å². The molecule has 0 N–H and O–H groups in total. The fourth-order valence-corrected chi connectivity index (χ4v) is 2.70. The molecule has 3 rings (SSSR count). The molecule has 0 unspecified atom stereocenters. The molecule has 0 aliphatic carbocycles. The molecule has 5 nitrogen and oxygen atoms in total. The Kier molecular flexibility index (Phi) is 3.54. The van der Waals surface area contributed by atoms with Crippen LogP contribution >= 0.6 is 27.7 Å². The number of hydrogen-bond acceptors (Lipinski definition) is 5. The first-order valence-electron chi connectivity index (χ1n) is 5.74. The first-order valence-corrected chi connectivity index (χ1v) is 7.35. The molecule has 0 radical (unpaired) electrons. The molecule has 100 valence electrons. The highest BCUT2D eigenvalue weighted by Gasteiger charge is 2.05. The first-order chi connectivity index (χ1) is 9.63. The van der Waals surface area contributed by atoms with Crippen molar-refractivity contribution in [3.63, 3.8) is 0 Å². The van der Waals surface area contributed by atoms with Gasteiger partial charge in [0.15, 0.2) is 0 Å². The molecule has 7 heteroatoms. The topological polar surface area (TPSA) is 60.7 Å². The van der Waals surface area contributed by atoms with Crippen LogP contribution in [0.5, 0.6) is 0 Å². The molecule has 0 aliphatic heterocycles. The molecule has 20 heavy (non-hydrogen) atoms. The van der Waals surface area contributed by atoms with Gasteiger partial charge in [0.2, 0.25) is 0 Å². The van der Waals surface area contributed by atoms with Crippen molar-refractivity contribution >= 4 is 38.6 Å². The zero-order chi connectivity index (χ0) is 14.1.